The Bertz CT molecular complexity index is 1900. The Labute approximate surface area is 254 Å². The molecule has 0 atom stereocenters. The van der Waals surface area contributed by atoms with Gasteiger partial charge in [-0.1, -0.05) is 84.9 Å². The van der Waals surface area contributed by atoms with Crippen molar-refractivity contribution in [2.75, 3.05) is 7.11 Å². The molecule has 0 fully saturated rings. The maximum atomic E-state index is 12.4. The molecule has 0 radical (unpaired) electrons. The summed E-state index contributed by atoms with van der Waals surface area (Å²) in [5, 5.41) is 14.4. The van der Waals surface area contributed by atoms with Crippen LogP contribution in [0.15, 0.2) is 121 Å². The summed E-state index contributed by atoms with van der Waals surface area (Å²) in [6.07, 6.45) is 0. The quantitative estimate of drug-likeness (QED) is 0.127. The van der Waals surface area contributed by atoms with Crippen LogP contribution in [-0.4, -0.2) is 28.2 Å². The van der Waals surface area contributed by atoms with E-state index in [0.717, 1.165) is 21.8 Å². The summed E-state index contributed by atoms with van der Waals surface area (Å²) in [6, 6.07) is 37.5. The standard InChI is InChI=1S/C37H28N2O5/c1-42-36(40)22-23-37(41,30-12-4-8-16-34(30)43-24-28-20-18-26-10-2-6-14-32(26)38-28)31-13-5-9-17-35(31)44-25-29-21-19-27-11-3-7-15-33(27)39-29/h2-21,41H,24-25H2,1H3. The first-order valence-electron chi connectivity index (χ1n) is 14.0. The summed E-state index contributed by atoms with van der Waals surface area (Å²) >= 11 is 0. The van der Waals surface area contributed by atoms with Crippen LogP contribution in [0.2, 0.25) is 0 Å². The molecule has 0 amide bonds. The number of rotatable bonds is 8. The molecule has 6 rings (SSSR count). The number of ether oxygens (including phenoxy) is 3. The summed E-state index contributed by atoms with van der Waals surface area (Å²) in [5.74, 6) is 5.11. The lowest BCUT2D eigenvalue weighted by Gasteiger charge is -2.27. The van der Waals surface area contributed by atoms with Gasteiger partial charge in [-0.25, -0.2) is 14.8 Å². The lowest BCUT2D eigenvalue weighted by atomic mass is 9.85. The maximum absolute atomic E-state index is 12.4. The van der Waals surface area contributed by atoms with E-state index in [0.29, 0.717) is 34.0 Å². The summed E-state index contributed by atoms with van der Waals surface area (Å²) in [6.45, 7) is 0.294. The molecule has 7 nitrogen and oxygen atoms in total. The predicted octanol–water partition coefficient (Wildman–Crippen LogP) is 6.35. The molecule has 0 saturated carbocycles. The number of benzene rings is 4. The highest BCUT2D eigenvalue weighted by Crippen LogP contribution is 2.40. The molecule has 0 saturated heterocycles. The Morgan fingerprint density at radius 3 is 1.61 bits per heavy atom. The maximum Gasteiger partial charge on any atom is 0.384 e. The molecular formula is C37H28N2O5. The van der Waals surface area contributed by atoms with Gasteiger partial charge in [0.1, 0.15) is 24.7 Å². The molecule has 0 unspecified atom stereocenters. The lowest BCUT2D eigenvalue weighted by Crippen LogP contribution is -2.27. The van der Waals surface area contributed by atoms with Crippen LogP contribution in [0.4, 0.5) is 0 Å². The van der Waals surface area contributed by atoms with Gasteiger partial charge in [-0.2, -0.15) is 0 Å². The Kier molecular flexibility index (Phi) is 8.17. The van der Waals surface area contributed by atoms with Crippen LogP contribution in [0.1, 0.15) is 22.5 Å². The van der Waals surface area contributed by atoms with Gasteiger partial charge in [-0.3, -0.25) is 0 Å². The minimum atomic E-state index is -2.00. The fraction of sp³-hybridized carbons (Fsp3) is 0.108. The summed E-state index contributed by atoms with van der Waals surface area (Å²) in [7, 11) is 1.23. The number of aliphatic hydroxyl groups is 1. The van der Waals surface area contributed by atoms with Gasteiger partial charge in [0.2, 0.25) is 0 Å². The highest BCUT2D eigenvalue weighted by Gasteiger charge is 2.36. The molecule has 2 heterocycles. The number of esters is 1. The van der Waals surface area contributed by atoms with E-state index in [4.69, 9.17) is 24.2 Å². The van der Waals surface area contributed by atoms with Crippen molar-refractivity contribution in [1.82, 2.24) is 9.97 Å². The Hall–Kier alpha value is -5.71. The molecule has 0 aliphatic heterocycles. The van der Waals surface area contributed by atoms with Crippen LogP contribution >= 0.6 is 0 Å². The molecule has 0 bridgehead atoms. The molecule has 6 aromatic rings. The number of methoxy groups -OCH3 is 1. The SMILES string of the molecule is COC(=O)C#CC(O)(c1ccccc1OCc1ccc2ccccc2n1)c1ccccc1OCc1ccc2ccccc2n1. The Morgan fingerprint density at radius 1 is 0.659 bits per heavy atom. The molecule has 1 N–H and O–H groups in total. The van der Waals surface area contributed by atoms with E-state index in [2.05, 4.69) is 11.8 Å². The Morgan fingerprint density at radius 2 is 1.11 bits per heavy atom. The van der Waals surface area contributed by atoms with Crippen LogP contribution in [0.5, 0.6) is 11.5 Å². The average Bonchev–Trinajstić information content (AvgIpc) is 3.08. The largest absolute Gasteiger partial charge is 0.487 e. The highest BCUT2D eigenvalue weighted by molar-refractivity contribution is 5.89. The van der Waals surface area contributed by atoms with Crippen LogP contribution in [-0.2, 0) is 28.3 Å². The molecule has 4 aromatic carbocycles. The molecule has 7 heteroatoms. The van der Waals surface area contributed by atoms with E-state index in [1.165, 1.54) is 7.11 Å². The lowest BCUT2D eigenvalue weighted by molar-refractivity contribution is -0.133. The van der Waals surface area contributed by atoms with Gasteiger partial charge < -0.3 is 19.3 Å². The number of carbonyl (C=O) groups excluding carboxylic acids is 1. The van der Waals surface area contributed by atoms with E-state index < -0.39 is 11.6 Å². The second-order valence-electron chi connectivity index (χ2n) is 10.0. The zero-order valence-electron chi connectivity index (χ0n) is 23.9. The second kappa shape index (κ2) is 12.7. The fourth-order valence-corrected chi connectivity index (χ4v) is 4.94. The first-order chi connectivity index (χ1) is 21.5. The topological polar surface area (TPSA) is 90.8 Å². The van der Waals surface area contributed by atoms with Crippen molar-refractivity contribution in [3.63, 3.8) is 0 Å². The molecule has 2 aromatic heterocycles. The molecule has 0 aliphatic rings. The number of fused-ring (bicyclic) bond motifs is 2. The van der Waals surface area contributed by atoms with Gasteiger partial charge in [-0.05, 0) is 42.3 Å². The second-order valence-corrected chi connectivity index (χ2v) is 10.0. The number of nitrogens with zero attached hydrogens (tertiary/aromatic N) is 2. The molecule has 216 valence electrons. The normalized spacial score (nSPS) is 11.0. The van der Waals surface area contributed by atoms with Crippen molar-refractivity contribution in [2.45, 2.75) is 18.8 Å². The molecular weight excluding hydrogens is 552 g/mol. The van der Waals surface area contributed by atoms with Gasteiger partial charge in [-0.15, -0.1) is 0 Å². The average molecular weight is 581 g/mol. The first-order valence-corrected chi connectivity index (χ1v) is 14.0. The van der Waals surface area contributed by atoms with E-state index in [9.17, 15) is 9.90 Å². The number of hydrogen-bond donors (Lipinski definition) is 1. The van der Waals surface area contributed by atoms with Gasteiger partial charge in [0.05, 0.1) is 29.5 Å². The van der Waals surface area contributed by atoms with Gasteiger partial charge in [0.15, 0.2) is 5.60 Å². The van der Waals surface area contributed by atoms with Gasteiger partial charge in [0, 0.05) is 27.8 Å². The zero-order valence-corrected chi connectivity index (χ0v) is 23.9. The summed E-state index contributed by atoms with van der Waals surface area (Å²) in [4.78, 5) is 21.5. The van der Waals surface area contributed by atoms with Crippen molar-refractivity contribution in [3.05, 3.63) is 144 Å². The number of pyridine rings is 2. The number of hydrogen-bond acceptors (Lipinski definition) is 7. The number of para-hydroxylation sites is 4. The van der Waals surface area contributed by atoms with Crippen molar-refractivity contribution in [1.29, 1.82) is 0 Å². The number of aromatic nitrogens is 2. The van der Waals surface area contributed by atoms with E-state index >= 15 is 0 Å². The Balaban J connectivity index is 1.35. The minimum Gasteiger partial charge on any atom is -0.487 e. The van der Waals surface area contributed by atoms with Crippen LogP contribution in [0.25, 0.3) is 21.8 Å². The van der Waals surface area contributed by atoms with Crippen molar-refractivity contribution >= 4 is 27.8 Å². The van der Waals surface area contributed by atoms with Gasteiger partial charge in [0.25, 0.3) is 0 Å². The van der Waals surface area contributed by atoms with Crippen LogP contribution in [0.3, 0.4) is 0 Å². The third kappa shape index (κ3) is 6.07. The van der Waals surface area contributed by atoms with Crippen molar-refractivity contribution in [2.24, 2.45) is 0 Å². The van der Waals surface area contributed by atoms with E-state index in [1.54, 1.807) is 48.5 Å². The monoisotopic (exact) mass is 580 g/mol. The third-order valence-corrected chi connectivity index (χ3v) is 7.15. The summed E-state index contributed by atoms with van der Waals surface area (Å²) < 4.78 is 17.2. The van der Waals surface area contributed by atoms with Crippen molar-refractivity contribution in [3.8, 4) is 23.3 Å². The van der Waals surface area contributed by atoms with E-state index in [-0.39, 0.29) is 13.2 Å². The van der Waals surface area contributed by atoms with Crippen LogP contribution < -0.4 is 9.47 Å². The third-order valence-electron chi connectivity index (χ3n) is 7.15. The smallest absolute Gasteiger partial charge is 0.384 e. The summed E-state index contributed by atoms with van der Waals surface area (Å²) in [5.41, 5.74) is 1.80. The first kappa shape index (κ1) is 28.4. The fourth-order valence-electron chi connectivity index (χ4n) is 4.94. The zero-order chi connectivity index (χ0) is 30.4. The number of carbonyl (C=O) groups is 1. The molecule has 0 aliphatic carbocycles. The van der Waals surface area contributed by atoms with Crippen molar-refractivity contribution < 1.29 is 24.1 Å². The predicted molar refractivity (Wildman–Crippen MR) is 168 cm³/mol. The van der Waals surface area contributed by atoms with Crippen LogP contribution in [0, 0.1) is 11.8 Å². The van der Waals surface area contributed by atoms with Gasteiger partial charge >= 0.3 is 5.97 Å². The molecule has 44 heavy (non-hydrogen) atoms. The highest BCUT2D eigenvalue weighted by atomic mass is 16.5. The minimum absolute atomic E-state index is 0.147. The molecule has 0 spiro atoms. The van der Waals surface area contributed by atoms with E-state index in [1.807, 2.05) is 72.8 Å².